The Balaban J connectivity index is 2.42. The van der Waals surface area contributed by atoms with Gasteiger partial charge in [-0.2, -0.15) is 0 Å². The molecular weight excluding hydrogens is 202 g/mol. The number of benzene rings is 1. The van der Waals surface area contributed by atoms with Crippen LogP contribution in [0.5, 0.6) is 0 Å². The van der Waals surface area contributed by atoms with Crippen LogP contribution in [0.1, 0.15) is 27.8 Å². The smallest absolute Gasteiger partial charge is 0.262 e. The monoisotopic (exact) mass is 213 g/mol. The summed E-state index contributed by atoms with van der Waals surface area (Å²) in [4.78, 5) is 23.3. The van der Waals surface area contributed by atoms with Crippen molar-refractivity contribution in [3.63, 3.8) is 0 Å². The van der Waals surface area contributed by atoms with Crippen molar-refractivity contribution in [2.24, 2.45) is 0 Å². The lowest BCUT2D eigenvalue weighted by atomic mass is 10.2. The molecule has 0 radical (unpaired) electrons. The lowest BCUT2D eigenvalue weighted by Gasteiger charge is -2.05. The molecule has 0 saturated heterocycles. The standard InChI is InChI=1S/C13H11NO2/c1-10(15)12-8-5-9-14(12)13(16)11-6-3-2-4-7-11/h2-9H,1H3. The number of hydrogen-bond acceptors (Lipinski definition) is 2. The number of carbonyl (C=O) groups is 2. The van der Waals surface area contributed by atoms with Crippen molar-refractivity contribution in [2.45, 2.75) is 6.92 Å². The first-order valence-corrected chi connectivity index (χ1v) is 4.98. The summed E-state index contributed by atoms with van der Waals surface area (Å²) < 4.78 is 1.37. The molecule has 16 heavy (non-hydrogen) atoms. The molecule has 0 aliphatic heterocycles. The first kappa shape index (κ1) is 10.4. The quantitative estimate of drug-likeness (QED) is 0.718. The lowest BCUT2D eigenvalue weighted by molar-refractivity contribution is 0.0927. The third kappa shape index (κ3) is 1.80. The van der Waals surface area contributed by atoms with E-state index in [0.29, 0.717) is 11.3 Å². The number of nitrogens with zero attached hydrogens (tertiary/aromatic N) is 1. The number of aromatic nitrogens is 1. The number of hydrogen-bond donors (Lipinski definition) is 0. The molecule has 0 saturated carbocycles. The van der Waals surface area contributed by atoms with E-state index in [1.807, 2.05) is 6.07 Å². The van der Waals surface area contributed by atoms with Crippen LogP contribution in [0.2, 0.25) is 0 Å². The maximum absolute atomic E-state index is 12.0. The Hall–Kier alpha value is -2.16. The first-order valence-electron chi connectivity index (χ1n) is 4.98. The van der Waals surface area contributed by atoms with Crippen LogP contribution in [0, 0.1) is 0 Å². The SMILES string of the molecule is CC(=O)c1cccn1C(=O)c1ccccc1. The topological polar surface area (TPSA) is 39.1 Å². The molecule has 1 aromatic heterocycles. The second-order valence-corrected chi connectivity index (χ2v) is 3.49. The zero-order chi connectivity index (χ0) is 11.5. The summed E-state index contributed by atoms with van der Waals surface area (Å²) in [6.45, 7) is 1.45. The van der Waals surface area contributed by atoms with Crippen LogP contribution in [0.4, 0.5) is 0 Å². The average Bonchev–Trinajstić information content (AvgIpc) is 2.78. The Bertz CT molecular complexity index is 526. The second-order valence-electron chi connectivity index (χ2n) is 3.49. The highest BCUT2D eigenvalue weighted by Gasteiger charge is 2.13. The summed E-state index contributed by atoms with van der Waals surface area (Å²) in [7, 11) is 0. The van der Waals surface area contributed by atoms with E-state index in [9.17, 15) is 9.59 Å². The minimum Gasteiger partial charge on any atom is -0.293 e. The van der Waals surface area contributed by atoms with Crippen LogP contribution >= 0.6 is 0 Å². The third-order valence-corrected chi connectivity index (χ3v) is 2.35. The molecule has 0 fully saturated rings. The average molecular weight is 213 g/mol. The maximum atomic E-state index is 12.0. The van der Waals surface area contributed by atoms with Crippen LogP contribution in [-0.2, 0) is 0 Å². The molecule has 3 nitrogen and oxygen atoms in total. The molecule has 0 amide bonds. The predicted octanol–water partition coefficient (Wildman–Crippen LogP) is 2.38. The Labute approximate surface area is 93.3 Å². The van der Waals surface area contributed by atoms with Gasteiger partial charge in [-0.25, -0.2) is 0 Å². The van der Waals surface area contributed by atoms with Crippen molar-refractivity contribution < 1.29 is 9.59 Å². The van der Waals surface area contributed by atoms with Crippen molar-refractivity contribution in [1.29, 1.82) is 0 Å². The van der Waals surface area contributed by atoms with Crippen molar-refractivity contribution in [2.75, 3.05) is 0 Å². The lowest BCUT2D eigenvalue weighted by Crippen LogP contribution is -2.15. The van der Waals surface area contributed by atoms with Gasteiger partial charge in [-0.15, -0.1) is 0 Å². The Morgan fingerprint density at radius 2 is 1.69 bits per heavy atom. The minimum atomic E-state index is -0.184. The maximum Gasteiger partial charge on any atom is 0.262 e. The molecule has 3 heteroatoms. The van der Waals surface area contributed by atoms with Gasteiger partial charge in [-0.1, -0.05) is 18.2 Å². The Morgan fingerprint density at radius 3 is 2.31 bits per heavy atom. The molecule has 80 valence electrons. The van der Waals surface area contributed by atoms with E-state index < -0.39 is 0 Å². The summed E-state index contributed by atoms with van der Waals surface area (Å²) in [5, 5.41) is 0. The third-order valence-electron chi connectivity index (χ3n) is 2.35. The fourth-order valence-electron chi connectivity index (χ4n) is 1.56. The van der Waals surface area contributed by atoms with Gasteiger partial charge >= 0.3 is 0 Å². The van der Waals surface area contributed by atoms with Gasteiger partial charge in [0, 0.05) is 18.7 Å². The number of carbonyl (C=O) groups excluding carboxylic acids is 2. The first-order chi connectivity index (χ1) is 7.70. The van der Waals surface area contributed by atoms with Gasteiger partial charge in [0.05, 0.1) is 5.69 Å². The van der Waals surface area contributed by atoms with Crippen LogP contribution in [0.3, 0.4) is 0 Å². The van der Waals surface area contributed by atoms with Gasteiger partial charge in [0.15, 0.2) is 5.78 Å². The van der Waals surface area contributed by atoms with Gasteiger partial charge < -0.3 is 0 Å². The van der Waals surface area contributed by atoms with Gasteiger partial charge in [-0.3, -0.25) is 14.2 Å². The van der Waals surface area contributed by atoms with Crippen molar-refractivity contribution >= 4 is 11.7 Å². The van der Waals surface area contributed by atoms with Crippen molar-refractivity contribution in [1.82, 2.24) is 4.57 Å². The van der Waals surface area contributed by atoms with E-state index in [1.165, 1.54) is 11.5 Å². The molecular formula is C13H11NO2. The minimum absolute atomic E-state index is 0.116. The zero-order valence-corrected chi connectivity index (χ0v) is 8.88. The Morgan fingerprint density at radius 1 is 1.00 bits per heavy atom. The summed E-state index contributed by atoms with van der Waals surface area (Å²) in [6.07, 6.45) is 1.60. The second kappa shape index (κ2) is 4.14. The van der Waals surface area contributed by atoms with Gasteiger partial charge in [0.1, 0.15) is 0 Å². The van der Waals surface area contributed by atoms with Crippen LogP contribution < -0.4 is 0 Å². The molecule has 0 bridgehead atoms. The highest BCUT2D eigenvalue weighted by molar-refractivity contribution is 6.02. The molecule has 0 N–H and O–H groups in total. The predicted molar refractivity (Wildman–Crippen MR) is 60.6 cm³/mol. The van der Waals surface area contributed by atoms with E-state index in [4.69, 9.17) is 0 Å². The molecule has 0 unspecified atom stereocenters. The molecule has 0 aliphatic carbocycles. The molecule has 0 aliphatic rings. The van der Waals surface area contributed by atoms with Crippen LogP contribution in [0.25, 0.3) is 0 Å². The highest BCUT2D eigenvalue weighted by Crippen LogP contribution is 2.08. The molecule has 2 rings (SSSR count). The summed E-state index contributed by atoms with van der Waals surface area (Å²) in [5.74, 6) is -0.301. The number of ketones is 1. The van der Waals surface area contributed by atoms with Gasteiger partial charge in [0.25, 0.3) is 5.91 Å². The van der Waals surface area contributed by atoms with Crippen molar-refractivity contribution in [3.05, 3.63) is 59.9 Å². The normalized spacial score (nSPS) is 10.1. The molecule has 0 spiro atoms. The van der Waals surface area contributed by atoms with Crippen LogP contribution in [0.15, 0.2) is 48.7 Å². The fourth-order valence-corrected chi connectivity index (χ4v) is 1.56. The van der Waals surface area contributed by atoms with E-state index >= 15 is 0 Å². The van der Waals surface area contributed by atoms with Gasteiger partial charge in [-0.05, 0) is 24.3 Å². The Kier molecular flexibility index (Phi) is 2.68. The van der Waals surface area contributed by atoms with E-state index in [2.05, 4.69) is 0 Å². The van der Waals surface area contributed by atoms with Crippen molar-refractivity contribution in [3.8, 4) is 0 Å². The summed E-state index contributed by atoms with van der Waals surface area (Å²) >= 11 is 0. The molecule has 1 heterocycles. The van der Waals surface area contributed by atoms with Gasteiger partial charge in [0.2, 0.25) is 0 Å². The zero-order valence-electron chi connectivity index (χ0n) is 8.88. The van der Waals surface area contributed by atoms with Crippen LogP contribution in [-0.4, -0.2) is 16.3 Å². The summed E-state index contributed by atoms with van der Waals surface area (Å²) in [6, 6.07) is 12.2. The molecule has 1 aromatic carbocycles. The largest absolute Gasteiger partial charge is 0.293 e. The van der Waals surface area contributed by atoms with E-state index in [0.717, 1.165) is 0 Å². The number of Topliss-reactive ketones (excluding diaryl/α,β-unsaturated/α-hetero) is 1. The highest BCUT2D eigenvalue weighted by atomic mass is 16.2. The molecule has 0 atom stereocenters. The van der Waals surface area contributed by atoms with E-state index in [-0.39, 0.29) is 11.7 Å². The molecule has 2 aromatic rings. The summed E-state index contributed by atoms with van der Waals surface area (Å²) in [5.41, 5.74) is 0.982. The number of rotatable bonds is 2. The van der Waals surface area contributed by atoms with E-state index in [1.54, 1.807) is 42.6 Å². The fraction of sp³-hybridized carbons (Fsp3) is 0.0769.